The molecule has 0 bridgehead atoms. The van der Waals surface area contributed by atoms with E-state index in [1.807, 2.05) is 30.3 Å². The molecule has 102 valence electrons. The Kier molecular flexibility index (Phi) is 3.85. The van der Waals surface area contributed by atoms with Crippen LogP contribution in [0, 0.1) is 0 Å². The number of nitrogens with zero attached hydrogens (tertiary/aromatic N) is 4. The molecule has 0 amide bonds. The summed E-state index contributed by atoms with van der Waals surface area (Å²) in [4.78, 5) is 1.31. The van der Waals surface area contributed by atoms with Gasteiger partial charge in [0.2, 0.25) is 0 Å². The van der Waals surface area contributed by atoms with Crippen LogP contribution in [0.15, 0.2) is 47.8 Å². The summed E-state index contributed by atoms with van der Waals surface area (Å²) in [5.74, 6) is 0.805. The quantitative estimate of drug-likeness (QED) is 0.783. The third-order valence-corrected chi connectivity index (χ3v) is 4.13. The molecule has 2 heterocycles. The van der Waals surface area contributed by atoms with Gasteiger partial charge in [-0.15, -0.1) is 16.4 Å². The zero-order valence-electron chi connectivity index (χ0n) is 11.1. The molecule has 1 N–H and O–H groups in total. The monoisotopic (exact) mass is 285 g/mol. The average Bonchev–Trinajstić information content (AvgIpc) is 3.17. The highest BCUT2D eigenvalue weighted by Crippen LogP contribution is 2.18. The number of nitrogens with one attached hydrogen (secondary N) is 1. The van der Waals surface area contributed by atoms with Crippen LogP contribution < -0.4 is 5.32 Å². The van der Waals surface area contributed by atoms with Gasteiger partial charge in [-0.05, 0) is 40.9 Å². The Morgan fingerprint density at radius 3 is 2.80 bits per heavy atom. The second-order valence-electron chi connectivity index (χ2n) is 4.46. The number of aromatic nitrogens is 4. The van der Waals surface area contributed by atoms with Gasteiger partial charge in [0.25, 0.3) is 0 Å². The Hall–Kier alpha value is -2.05. The van der Waals surface area contributed by atoms with Crippen molar-refractivity contribution in [1.82, 2.24) is 25.5 Å². The first-order chi connectivity index (χ1) is 9.84. The Morgan fingerprint density at radius 2 is 2.05 bits per heavy atom. The first-order valence-corrected chi connectivity index (χ1v) is 7.32. The first-order valence-electron chi connectivity index (χ1n) is 6.44. The summed E-state index contributed by atoms with van der Waals surface area (Å²) in [6, 6.07) is 14.4. The van der Waals surface area contributed by atoms with Gasteiger partial charge >= 0.3 is 0 Å². The molecule has 1 atom stereocenters. The zero-order valence-corrected chi connectivity index (χ0v) is 11.9. The van der Waals surface area contributed by atoms with E-state index < -0.39 is 0 Å². The van der Waals surface area contributed by atoms with Gasteiger partial charge in [-0.25, -0.2) is 0 Å². The van der Waals surface area contributed by atoms with Crippen LogP contribution in [0.2, 0.25) is 0 Å². The Morgan fingerprint density at radius 1 is 1.20 bits per heavy atom. The van der Waals surface area contributed by atoms with Crippen molar-refractivity contribution >= 4 is 11.3 Å². The smallest absolute Gasteiger partial charge is 0.170 e. The second kappa shape index (κ2) is 5.94. The van der Waals surface area contributed by atoms with Crippen LogP contribution in [0.3, 0.4) is 0 Å². The zero-order chi connectivity index (χ0) is 13.8. The average molecular weight is 285 g/mol. The lowest BCUT2D eigenvalue weighted by Crippen LogP contribution is -2.20. The SMILES string of the molecule is C[C@H](NCc1nnnn1-c1ccccc1)c1cccs1. The van der Waals surface area contributed by atoms with E-state index in [1.165, 1.54) is 4.88 Å². The summed E-state index contributed by atoms with van der Waals surface area (Å²) >= 11 is 1.75. The molecular weight excluding hydrogens is 270 g/mol. The van der Waals surface area contributed by atoms with Gasteiger partial charge < -0.3 is 5.32 Å². The molecule has 6 heteroatoms. The third-order valence-electron chi connectivity index (χ3n) is 3.07. The minimum absolute atomic E-state index is 0.288. The number of rotatable bonds is 5. The molecule has 0 aliphatic heterocycles. The van der Waals surface area contributed by atoms with Crippen LogP contribution in [0.4, 0.5) is 0 Å². The van der Waals surface area contributed by atoms with Gasteiger partial charge in [0.15, 0.2) is 5.82 Å². The van der Waals surface area contributed by atoms with Gasteiger partial charge in [-0.1, -0.05) is 24.3 Å². The molecule has 20 heavy (non-hydrogen) atoms. The van der Waals surface area contributed by atoms with E-state index in [0.29, 0.717) is 6.54 Å². The summed E-state index contributed by atoms with van der Waals surface area (Å²) in [5, 5.41) is 17.4. The van der Waals surface area contributed by atoms with Gasteiger partial charge in [-0.3, -0.25) is 0 Å². The molecule has 0 saturated carbocycles. The van der Waals surface area contributed by atoms with Gasteiger partial charge in [0.1, 0.15) is 0 Å². The van der Waals surface area contributed by atoms with Crippen LogP contribution in [0.1, 0.15) is 23.7 Å². The number of hydrogen-bond acceptors (Lipinski definition) is 5. The summed E-state index contributed by atoms with van der Waals surface area (Å²) < 4.78 is 1.76. The van der Waals surface area contributed by atoms with Crippen molar-refractivity contribution < 1.29 is 0 Å². The van der Waals surface area contributed by atoms with Crippen molar-refractivity contribution in [3.63, 3.8) is 0 Å². The van der Waals surface area contributed by atoms with E-state index in [0.717, 1.165) is 11.5 Å². The molecular formula is C14H15N5S. The fourth-order valence-electron chi connectivity index (χ4n) is 1.97. The highest BCUT2D eigenvalue weighted by molar-refractivity contribution is 7.10. The highest BCUT2D eigenvalue weighted by Gasteiger charge is 2.10. The van der Waals surface area contributed by atoms with Crippen LogP contribution >= 0.6 is 11.3 Å². The van der Waals surface area contributed by atoms with E-state index >= 15 is 0 Å². The lowest BCUT2D eigenvalue weighted by Gasteiger charge is -2.11. The molecule has 5 nitrogen and oxygen atoms in total. The van der Waals surface area contributed by atoms with Crippen LogP contribution in [0.5, 0.6) is 0 Å². The number of thiophene rings is 1. The van der Waals surface area contributed by atoms with Gasteiger partial charge in [0, 0.05) is 10.9 Å². The van der Waals surface area contributed by atoms with E-state index in [1.54, 1.807) is 16.0 Å². The Balaban J connectivity index is 1.72. The molecule has 0 aliphatic carbocycles. The predicted octanol–water partition coefficient (Wildman–Crippen LogP) is 2.57. The molecule has 0 radical (unpaired) electrons. The molecule has 0 saturated heterocycles. The van der Waals surface area contributed by atoms with Crippen molar-refractivity contribution in [1.29, 1.82) is 0 Å². The minimum Gasteiger partial charge on any atom is -0.302 e. The second-order valence-corrected chi connectivity index (χ2v) is 5.44. The summed E-state index contributed by atoms with van der Waals surface area (Å²) in [6.07, 6.45) is 0. The predicted molar refractivity (Wildman–Crippen MR) is 78.7 cm³/mol. The molecule has 0 aliphatic rings. The number of tetrazole rings is 1. The first kappa shape index (κ1) is 13.0. The maximum atomic E-state index is 4.09. The standard InChI is InChI=1S/C14H15N5S/c1-11(13-8-5-9-20-13)15-10-14-16-17-18-19(14)12-6-3-2-4-7-12/h2-9,11,15H,10H2,1H3/t11-/m0/s1. The van der Waals surface area contributed by atoms with E-state index in [4.69, 9.17) is 0 Å². The lowest BCUT2D eigenvalue weighted by molar-refractivity contribution is 0.557. The molecule has 1 aromatic carbocycles. The van der Waals surface area contributed by atoms with Crippen molar-refractivity contribution in [2.75, 3.05) is 0 Å². The Labute approximate surface area is 121 Å². The molecule has 0 fully saturated rings. The lowest BCUT2D eigenvalue weighted by atomic mass is 10.3. The van der Waals surface area contributed by atoms with Gasteiger partial charge in [-0.2, -0.15) is 4.68 Å². The summed E-state index contributed by atoms with van der Waals surface area (Å²) in [7, 11) is 0. The topological polar surface area (TPSA) is 55.6 Å². The molecule has 2 aromatic heterocycles. The van der Waals surface area contributed by atoms with Crippen molar-refractivity contribution in [2.45, 2.75) is 19.5 Å². The Bertz CT molecular complexity index is 647. The van der Waals surface area contributed by atoms with Gasteiger partial charge in [0.05, 0.1) is 12.2 Å². The fraction of sp³-hybridized carbons (Fsp3) is 0.214. The van der Waals surface area contributed by atoms with Crippen LogP contribution in [-0.4, -0.2) is 20.2 Å². The number of hydrogen-bond donors (Lipinski definition) is 1. The summed E-state index contributed by atoms with van der Waals surface area (Å²) in [6.45, 7) is 2.77. The van der Waals surface area contributed by atoms with E-state index in [9.17, 15) is 0 Å². The van der Waals surface area contributed by atoms with Crippen molar-refractivity contribution in [3.8, 4) is 5.69 Å². The molecule has 0 unspecified atom stereocenters. The number of para-hydroxylation sites is 1. The van der Waals surface area contributed by atoms with E-state index in [2.05, 4.69) is 45.3 Å². The fourth-order valence-corrected chi connectivity index (χ4v) is 2.73. The minimum atomic E-state index is 0.288. The molecule has 0 spiro atoms. The molecule has 3 rings (SSSR count). The maximum absolute atomic E-state index is 4.09. The molecule has 3 aromatic rings. The van der Waals surface area contributed by atoms with Crippen molar-refractivity contribution in [3.05, 3.63) is 58.5 Å². The summed E-state index contributed by atoms with van der Waals surface area (Å²) in [5.41, 5.74) is 0.970. The van der Waals surface area contributed by atoms with Crippen LogP contribution in [-0.2, 0) is 6.54 Å². The highest BCUT2D eigenvalue weighted by atomic mass is 32.1. The maximum Gasteiger partial charge on any atom is 0.170 e. The normalized spacial score (nSPS) is 12.4. The van der Waals surface area contributed by atoms with Crippen LogP contribution in [0.25, 0.3) is 5.69 Å². The van der Waals surface area contributed by atoms with Crippen molar-refractivity contribution in [2.24, 2.45) is 0 Å². The number of benzene rings is 1. The third kappa shape index (κ3) is 2.76. The largest absolute Gasteiger partial charge is 0.302 e. The van der Waals surface area contributed by atoms with E-state index in [-0.39, 0.29) is 6.04 Å².